The molecule has 1 unspecified atom stereocenters. The molecule has 10 heteroatoms. The number of carbonyl (C=O) groups is 2. The zero-order chi connectivity index (χ0) is 27.6. The van der Waals surface area contributed by atoms with E-state index in [-0.39, 0.29) is 29.4 Å². The summed E-state index contributed by atoms with van der Waals surface area (Å²) < 4.78 is 5.07. The van der Waals surface area contributed by atoms with Crippen LogP contribution in [0.4, 0.5) is 0 Å². The van der Waals surface area contributed by atoms with Gasteiger partial charge in [-0.1, -0.05) is 18.2 Å². The highest BCUT2D eigenvalue weighted by molar-refractivity contribution is 5.93. The molecule has 38 heavy (non-hydrogen) atoms. The summed E-state index contributed by atoms with van der Waals surface area (Å²) >= 11 is 0. The van der Waals surface area contributed by atoms with Gasteiger partial charge in [0.25, 0.3) is 0 Å². The number of rotatable bonds is 7. The topological polar surface area (TPSA) is 185 Å². The number of ether oxygens (including phenoxy) is 1. The second-order valence-electron chi connectivity index (χ2n) is 8.72. The molecule has 0 saturated heterocycles. The number of hydrogen-bond donors (Lipinski definition) is 7. The predicted octanol–water partition coefficient (Wildman–Crippen LogP) is 3.66. The first kappa shape index (κ1) is 26.0. The first-order valence-electron chi connectivity index (χ1n) is 11.5. The molecule has 7 N–H and O–H groups in total. The molecule has 0 aliphatic heterocycles. The van der Waals surface area contributed by atoms with Crippen molar-refractivity contribution in [3.8, 4) is 34.5 Å². The maximum Gasteiger partial charge on any atom is 0.345 e. The molecule has 3 aromatic rings. The summed E-state index contributed by atoms with van der Waals surface area (Å²) in [6, 6.07) is 9.37. The molecule has 0 bridgehead atoms. The Kier molecular flexibility index (Phi) is 7.15. The quantitative estimate of drug-likeness (QED) is 0.138. The maximum atomic E-state index is 12.5. The zero-order valence-corrected chi connectivity index (χ0v) is 19.8. The monoisotopic (exact) mass is 520 g/mol. The van der Waals surface area contributed by atoms with Crippen molar-refractivity contribution in [3.63, 3.8) is 0 Å². The van der Waals surface area contributed by atoms with Gasteiger partial charge in [-0.05, 0) is 77.1 Å². The van der Waals surface area contributed by atoms with Gasteiger partial charge in [-0.3, -0.25) is 0 Å². The SMILES string of the molecule is O=C(C=Cc1cc(O)c(O)c2c1C=C(c1ccc(O)c(O)c1)CC2)OC(Cc1ccc(O)c(O)c1)C(=O)O. The van der Waals surface area contributed by atoms with Crippen LogP contribution in [0.1, 0.15) is 34.2 Å². The molecule has 3 aromatic carbocycles. The lowest BCUT2D eigenvalue weighted by Crippen LogP contribution is -2.28. The number of carboxylic acid groups (broad SMARTS) is 1. The summed E-state index contributed by atoms with van der Waals surface area (Å²) in [6.07, 6.45) is 3.01. The van der Waals surface area contributed by atoms with Crippen molar-refractivity contribution in [2.45, 2.75) is 25.4 Å². The molecular weight excluding hydrogens is 496 g/mol. The lowest BCUT2D eigenvalue weighted by molar-refractivity contribution is -0.160. The van der Waals surface area contributed by atoms with Gasteiger partial charge in [-0.25, -0.2) is 9.59 Å². The van der Waals surface area contributed by atoms with E-state index in [9.17, 15) is 45.3 Å². The average molecular weight is 520 g/mol. The Morgan fingerprint density at radius 3 is 2.18 bits per heavy atom. The number of hydrogen-bond acceptors (Lipinski definition) is 9. The van der Waals surface area contributed by atoms with Gasteiger partial charge in [0.2, 0.25) is 6.10 Å². The molecule has 1 atom stereocenters. The van der Waals surface area contributed by atoms with Crippen molar-refractivity contribution in [3.05, 3.63) is 76.4 Å². The van der Waals surface area contributed by atoms with E-state index in [2.05, 4.69) is 0 Å². The fourth-order valence-corrected chi connectivity index (χ4v) is 4.19. The first-order chi connectivity index (χ1) is 18.0. The van der Waals surface area contributed by atoms with E-state index in [1.54, 1.807) is 12.1 Å². The van der Waals surface area contributed by atoms with E-state index in [1.807, 2.05) is 0 Å². The number of allylic oxidation sites excluding steroid dienone is 1. The number of carbonyl (C=O) groups excluding carboxylic acids is 1. The highest BCUT2D eigenvalue weighted by Crippen LogP contribution is 2.42. The van der Waals surface area contributed by atoms with Gasteiger partial charge >= 0.3 is 11.9 Å². The second-order valence-corrected chi connectivity index (χ2v) is 8.72. The fraction of sp³-hybridized carbons (Fsp3) is 0.143. The van der Waals surface area contributed by atoms with E-state index < -0.39 is 29.5 Å². The van der Waals surface area contributed by atoms with Gasteiger partial charge < -0.3 is 40.5 Å². The molecule has 10 nitrogen and oxygen atoms in total. The fourth-order valence-electron chi connectivity index (χ4n) is 4.19. The highest BCUT2D eigenvalue weighted by atomic mass is 16.6. The third-order valence-corrected chi connectivity index (χ3v) is 6.16. The Hall–Kier alpha value is -5.12. The Morgan fingerprint density at radius 2 is 1.53 bits per heavy atom. The predicted molar refractivity (Wildman–Crippen MR) is 136 cm³/mol. The minimum Gasteiger partial charge on any atom is -0.504 e. The molecule has 0 saturated carbocycles. The summed E-state index contributed by atoms with van der Waals surface area (Å²) in [4.78, 5) is 24.1. The number of phenolic OH excluding ortho intramolecular Hbond substituents is 6. The lowest BCUT2D eigenvalue weighted by atomic mass is 9.85. The molecule has 0 heterocycles. The van der Waals surface area contributed by atoms with Crippen LogP contribution in [0, 0.1) is 0 Å². The van der Waals surface area contributed by atoms with Crippen LogP contribution in [0.2, 0.25) is 0 Å². The van der Waals surface area contributed by atoms with Crippen molar-refractivity contribution in [2.24, 2.45) is 0 Å². The number of carboxylic acids is 1. The van der Waals surface area contributed by atoms with Crippen molar-refractivity contribution in [1.82, 2.24) is 0 Å². The van der Waals surface area contributed by atoms with Crippen LogP contribution in [0.3, 0.4) is 0 Å². The van der Waals surface area contributed by atoms with Crippen LogP contribution in [-0.2, 0) is 27.2 Å². The van der Waals surface area contributed by atoms with Crippen LogP contribution in [0.25, 0.3) is 17.7 Å². The minimum atomic E-state index is -1.58. The Morgan fingerprint density at radius 1 is 0.842 bits per heavy atom. The maximum absolute atomic E-state index is 12.5. The summed E-state index contributed by atoms with van der Waals surface area (Å²) in [5, 5.41) is 68.5. The van der Waals surface area contributed by atoms with Gasteiger partial charge in [0.05, 0.1) is 0 Å². The van der Waals surface area contributed by atoms with Crippen molar-refractivity contribution in [2.75, 3.05) is 0 Å². The largest absolute Gasteiger partial charge is 0.504 e. The summed E-state index contributed by atoms with van der Waals surface area (Å²) in [6.45, 7) is 0. The van der Waals surface area contributed by atoms with E-state index in [0.717, 1.165) is 17.7 Å². The third-order valence-electron chi connectivity index (χ3n) is 6.16. The van der Waals surface area contributed by atoms with Crippen molar-refractivity contribution in [1.29, 1.82) is 0 Å². The first-order valence-corrected chi connectivity index (χ1v) is 11.5. The van der Waals surface area contributed by atoms with Gasteiger partial charge in [0, 0.05) is 18.1 Å². The number of aromatic hydroxyl groups is 6. The van der Waals surface area contributed by atoms with Gasteiger partial charge in [-0.15, -0.1) is 0 Å². The number of phenols is 6. The average Bonchev–Trinajstić information content (AvgIpc) is 2.88. The van der Waals surface area contributed by atoms with E-state index >= 15 is 0 Å². The van der Waals surface area contributed by atoms with Crippen LogP contribution in [0.5, 0.6) is 34.5 Å². The van der Waals surface area contributed by atoms with E-state index in [4.69, 9.17) is 4.74 Å². The van der Waals surface area contributed by atoms with Gasteiger partial charge in [0.15, 0.2) is 34.5 Å². The second kappa shape index (κ2) is 10.5. The van der Waals surface area contributed by atoms with Crippen LogP contribution >= 0.6 is 0 Å². The van der Waals surface area contributed by atoms with Gasteiger partial charge in [-0.2, -0.15) is 0 Å². The van der Waals surface area contributed by atoms with E-state index in [0.29, 0.717) is 40.7 Å². The summed E-state index contributed by atoms with van der Waals surface area (Å²) in [7, 11) is 0. The molecule has 0 radical (unpaired) electrons. The number of esters is 1. The zero-order valence-electron chi connectivity index (χ0n) is 19.8. The van der Waals surface area contributed by atoms with Crippen LogP contribution < -0.4 is 0 Å². The third kappa shape index (κ3) is 5.49. The Labute approximate surface area is 216 Å². The lowest BCUT2D eigenvalue weighted by Gasteiger charge is -2.21. The summed E-state index contributed by atoms with van der Waals surface area (Å²) in [5.74, 6) is -4.46. The Balaban J connectivity index is 1.59. The number of benzene rings is 3. The van der Waals surface area contributed by atoms with Crippen LogP contribution in [0.15, 0.2) is 48.5 Å². The smallest absolute Gasteiger partial charge is 0.345 e. The van der Waals surface area contributed by atoms with E-state index in [1.165, 1.54) is 36.4 Å². The standard InChI is InChI=1S/C28H24O10/c29-20-6-1-14(9-22(20)31)10-25(28(36)37)38-26(34)8-4-17-13-24(33)27(35)18-5-2-15(11-19(17)18)16-3-7-21(30)23(32)12-16/h1,3-4,6-9,11-13,25,29-33,35H,2,5,10H2,(H,36,37). The molecule has 0 spiro atoms. The molecule has 1 aliphatic rings. The number of fused-ring (bicyclic) bond motifs is 1. The molecule has 0 amide bonds. The van der Waals surface area contributed by atoms with Crippen molar-refractivity contribution >= 4 is 29.7 Å². The molecule has 4 rings (SSSR count). The molecule has 1 aliphatic carbocycles. The molecule has 196 valence electrons. The molecule has 0 fully saturated rings. The van der Waals surface area contributed by atoms with Gasteiger partial charge in [0.1, 0.15) is 0 Å². The minimum absolute atomic E-state index is 0.260. The van der Waals surface area contributed by atoms with Crippen molar-refractivity contribution < 1.29 is 50.1 Å². The molecule has 0 aromatic heterocycles. The molecular formula is C28H24O10. The number of aliphatic carboxylic acids is 1. The summed E-state index contributed by atoms with van der Waals surface area (Å²) in [5.41, 5.74) is 3.03. The Bertz CT molecular complexity index is 1490. The highest BCUT2D eigenvalue weighted by Gasteiger charge is 2.24. The normalized spacial score (nSPS) is 13.5. The van der Waals surface area contributed by atoms with Crippen LogP contribution in [-0.4, -0.2) is 53.8 Å².